The first-order valence-electron chi connectivity index (χ1n) is 12.7. The Morgan fingerprint density at radius 2 is 1.86 bits per heavy atom. The molecule has 2 bridgehead atoms. The highest BCUT2D eigenvalue weighted by molar-refractivity contribution is 6.03. The molecule has 0 radical (unpaired) electrons. The lowest BCUT2D eigenvalue weighted by atomic mass is 9.62. The Kier molecular flexibility index (Phi) is 6.85. The largest absolute Gasteiger partial charge is 0.396 e. The van der Waals surface area contributed by atoms with Gasteiger partial charge in [0, 0.05) is 44.7 Å². The summed E-state index contributed by atoms with van der Waals surface area (Å²) in [5.74, 6) is -2.23. The van der Waals surface area contributed by atoms with E-state index in [4.69, 9.17) is 4.74 Å². The smallest absolute Gasteiger partial charge is 0.250 e. The zero-order valence-electron chi connectivity index (χ0n) is 21.3. The monoisotopic (exact) mass is 486 g/mol. The van der Waals surface area contributed by atoms with Gasteiger partial charge in [-0.3, -0.25) is 14.4 Å². The molecule has 3 saturated heterocycles. The summed E-state index contributed by atoms with van der Waals surface area (Å²) in [6, 6.07) is 6.78. The van der Waals surface area contributed by atoms with E-state index in [1.54, 1.807) is 7.05 Å². The second-order valence-corrected chi connectivity index (χ2v) is 10.1. The molecule has 6 atom stereocenters. The van der Waals surface area contributed by atoms with Crippen molar-refractivity contribution >= 4 is 29.1 Å². The van der Waals surface area contributed by atoms with Crippen LogP contribution in [-0.2, 0) is 19.1 Å². The summed E-state index contributed by atoms with van der Waals surface area (Å²) in [6.45, 7) is 9.99. The molecule has 4 rings (SSSR count). The maximum absolute atomic E-state index is 13.8. The fraction of sp³-hybridized carbons (Fsp3) is 0.654. The van der Waals surface area contributed by atoms with E-state index in [1.165, 1.54) is 4.90 Å². The Morgan fingerprint density at radius 1 is 1.20 bits per heavy atom. The van der Waals surface area contributed by atoms with Crippen molar-refractivity contribution < 1.29 is 24.2 Å². The summed E-state index contributed by atoms with van der Waals surface area (Å²) in [5.41, 5.74) is -0.202. The average molecular weight is 487 g/mol. The molecule has 0 saturated carbocycles. The lowest BCUT2D eigenvalue weighted by molar-refractivity contribution is -0.146. The van der Waals surface area contributed by atoms with Crippen LogP contribution in [0.15, 0.2) is 24.3 Å². The van der Waals surface area contributed by atoms with E-state index in [-0.39, 0.29) is 36.8 Å². The van der Waals surface area contributed by atoms with Gasteiger partial charge in [-0.25, -0.2) is 0 Å². The van der Waals surface area contributed by atoms with Crippen LogP contribution in [-0.4, -0.2) is 78.3 Å². The van der Waals surface area contributed by atoms with Crippen LogP contribution in [0.2, 0.25) is 0 Å². The van der Waals surface area contributed by atoms with E-state index in [0.717, 1.165) is 18.8 Å². The zero-order chi connectivity index (χ0) is 25.5. The van der Waals surface area contributed by atoms with Gasteiger partial charge >= 0.3 is 0 Å². The SMILES string of the molecule is CCN(CC)c1ccc(NC(=O)C2N(CCCO)C(=O)[C@@H]3[C@H](C(=O)NC)[C@@]4(C)OC23CC4C)cc1. The van der Waals surface area contributed by atoms with Crippen molar-refractivity contribution in [2.24, 2.45) is 17.8 Å². The van der Waals surface area contributed by atoms with Crippen LogP contribution in [0.3, 0.4) is 0 Å². The lowest BCUT2D eigenvalue weighted by Gasteiger charge is -2.36. The van der Waals surface area contributed by atoms with Crippen molar-refractivity contribution in [1.82, 2.24) is 10.2 Å². The fourth-order valence-corrected chi connectivity index (χ4v) is 6.63. The lowest BCUT2D eigenvalue weighted by Crippen LogP contribution is -2.54. The molecule has 192 valence electrons. The molecule has 3 aliphatic heterocycles. The van der Waals surface area contributed by atoms with Crippen molar-refractivity contribution in [3.63, 3.8) is 0 Å². The molecular formula is C26H38N4O5. The number of carbonyl (C=O) groups is 3. The molecule has 0 aromatic heterocycles. The van der Waals surface area contributed by atoms with Gasteiger partial charge in [0.1, 0.15) is 11.6 Å². The van der Waals surface area contributed by atoms with Crippen molar-refractivity contribution in [3.05, 3.63) is 24.3 Å². The number of ether oxygens (including phenoxy) is 1. The molecule has 3 fully saturated rings. The van der Waals surface area contributed by atoms with Gasteiger partial charge in [-0.05, 0) is 63.8 Å². The molecule has 9 nitrogen and oxygen atoms in total. The second-order valence-electron chi connectivity index (χ2n) is 10.1. The third kappa shape index (κ3) is 3.80. The molecule has 35 heavy (non-hydrogen) atoms. The minimum absolute atomic E-state index is 0.00436. The standard InChI is InChI=1S/C26H38N4O5/c1-6-29(7-2)18-11-9-17(10-12-18)28-23(33)21-26-15-16(3)25(4,35-26)19(22(32)27-5)20(26)24(34)30(21)13-8-14-31/h9-12,16,19-21,31H,6-8,13-15H2,1-5H3,(H,27,32)(H,28,33)/t16?,19-,20+,21?,25+,26?/m1/s1. The summed E-state index contributed by atoms with van der Waals surface area (Å²) in [6.07, 6.45) is 0.857. The maximum Gasteiger partial charge on any atom is 0.250 e. The highest BCUT2D eigenvalue weighted by Crippen LogP contribution is 2.65. The zero-order valence-corrected chi connectivity index (χ0v) is 21.3. The number of amides is 3. The minimum atomic E-state index is -1.08. The molecule has 1 aromatic carbocycles. The first-order chi connectivity index (χ1) is 16.7. The van der Waals surface area contributed by atoms with E-state index in [9.17, 15) is 19.5 Å². The van der Waals surface area contributed by atoms with Gasteiger partial charge < -0.3 is 30.3 Å². The maximum atomic E-state index is 13.8. The number of hydrogen-bond acceptors (Lipinski definition) is 6. The van der Waals surface area contributed by atoms with E-state index in [1.807, 2.05) is 38.1 Å². The quantitative estimate of drug-likeness (QED) is 0.489. The van der Waals surface area contributed by atoms with Gasteiger partial charge in [-0.15, -0.1) is 0 Å². The number of aliphatic hydroxyl groups is 1. The average Bonchev–Trinajstić information content (AvgIpc) is 3.35. The highest BCUT2D eigenvalue weighted by atomic mass is 16.5. The Morgan fingerprint density at radius 3 is 2.43 bits per heavy atom. The molecule has 3 N–H and O–H groups in total. The Bertz CT molecular complexity index is 980. The number of nitrogens with zero attached hydrogens (tertiary/aromatic N) is 2. The van der Waals surface area contributed by atoms with Crippen LogP contribution >= 0.6 is 0 Å². The summed E-state index contributed by atoms with van der Waals surface area (Å²) < 4.78 is 6.60. The van der Waals surface area contributed by atoms with Crippen LogP contribution in [0.1, 0.15) is 40.5 Å². The summed E-state index contributed by atoms with van der Waals surface area (Å²) in [5, 5.41) is 15.1. The third-order valence-corrected chi connectivity index (χ3v) is 8.41. The summed E-state index contributed by atoms with van der Waals surface area (Å²) in [7, 11) is 1.56. The molecule has 3 unspecified atom stereocenters. The molecule has 9 heteroatoms. The number of benzene rings is 1. The van der Waals surface area contributed by atoms with Gasteiger partial charge in [0.05, 0.1) is 17.4 Å². The molecule has 1 aromatic rings. The van der Waals surface area contributed by atoms with Crippen LogP contribution in [0.4, 0.5) is 11.4 Å². The van der Waals surface area contributed by atoms with Crippen molar-refractivity contribution in [2.75, 3.05) is 43.5 Å². The minimum Gasteiger partial charge on any atom is -0.396 e. The molecule has 3 aliphatic rings. The van der Waals surface area contributed by atoms with E-state index in [2.05, 4.69) is 29.4 Å². The van der Waals surface area contributed by atoms with Crippen molar-refractivity contribution in [2.45, 2.75) is 57.8 Å². The molecular weight excluding hydrogens is 448 g/mol. The first-order valence-corrected chi connectivity index (χ1v) is 12.7. The van der Waals surface area contributed by atoms with Gasteiger partial charge in [0.15, 0.2) is 0 Å². The van der Waals surface area contributed by atoms with E-state index in [0.29, 0.717) is 18.5 Å². The highest BCUT2D eigenvalue weighted by Gasteiger charge is 2.79. The summed E-state index contributed by atoms with van der Waals surface area (Å²) in [4.78, 5) is 44.2. The number of nitrogens with one attached hydrogen (secondary N) is 2. The number of likely N-dealkylation sites (tertiary alicyclic amines) is 1. The van der Waals surface area contributed by atoms with Crippen molar-refractivity contribution in [1.29, 1.82) is 0 Å². The normalized spacial score (nSPS) is 33.1. The topological polar surface area (TPSA) is 111 Å². The van der Waals surface area contributed by atoms with E-state index >= 15 is 0 Å². The number of hydrogen-bond donors (Lipinski definition) is 3. The van der Waals surface area contributed by atoms with Crippen molar-refractivity contribution in [3.8, 4) is 0 Å². The Labute approximate surface area is 207 Å². The predicted octanol–water partition coefficient (Wildman–Crippen LogP) is 1.61. The number of carbonyl (C=O) groups excluding carboxylic acids is 3. The van der Waals surface area contributed by atoms with E-state index < -0.39 is 29.1 Å². The fourth-order valence-electron chi connectivity index (χ4n) is 6.63. The number of fused-ring (bicyclic) bond motifs is 1. The first kappa shape index (κ1) is 25.4. The van der Waals surface area contributed by atoms with Gasteiger partial charge in [0.25, 0.3) is 0 Å². The Balaban J connectivity index is 1.67. The van der Waals surface area contributed by atoms with Crippen LogP contribution < -0.4 is 15.5 Å². The Hall–Kier alpha value is -2.65. The van der Waals surface area contributed by atoms with Crippen LogP contribution in [0, 0.1) is 17.8 Å². The van der Waals surface area contributed by atoms with Crippen LogP contribution in [0.25, 0.3) is 0 Å². The van der Waals surface area contributed by atoms with Gasteiger partial charge in [-0.2, -0.15) is 0 Å². The predicted molar refractivity (Wildman–Crippen MR) is 133 cm³/mol. The molecule has 0 aliphatic carbocycles. The summed E-state index contributed by atoms with van der Waals surface area (Å²) >= 11 is 0. The molecule has 1 spiro atoms. The molecule has 3 amide bonds. The second kappa shape index (κ2) is 9.43. The number of aliphatic hydroxyl groups excluding tert-OH is 1. The van der Waals surface area contributed by atoms with Gasteiger partial charge in [-0.1, -0.05) is 6.92 Å². The number of anilines is 2. The van der Waals surface area contributed by atoms with Crippen LogP contribution in [0.5, 0.6) is 0 Å². The number of rotatable bonds is 9. The third-order valence-electron chi connectivity index (χ3n) is 8.41. The van der Waals surface area contributed by atoms with Gasteiger partial charge in [0.2, 0.25) is 17.7 Å². The molecule has 3 heterocycles.